The minimum Gasteiger partial charge on any atom is -0.381 e. The fraction of sp³-hybridized carbons (Fsp3) is 0.273. The van der Waals surface area contributed by atoms with Gasteiger partial charge in [0.05, 0.1) is 16.4 Å². The van der Waals surface area contributed by atoms with Crippen LogP contribution in [0.25, 0.3) is 5.69 Å². The Kier molecular flexibility index (Phi) is 3.28. The van der Waals surface area contributed by atoms with E-state index in [0.29, 0.717) is 11.5 Å². The number of hydrogen-bond acceptors (Lipinski definition) is 3. The van der Waals surface area contributed by atoms with Crippen LogP contribution in [0.3, 0.4) is 0 Å². The molecule has 0 unspecified atom stereocenters. The molecular formula is C11H12ClFN4. The van der Waals surface area contributed by atoms with Gasteiger partial charge in [0, 0.05) is 0 Å². The van der Waals surface area contributed by atoms with Crippen molar-refractivity contribution < 1.29 is 4.39 Å². The van der Waals surface area contributed by atoms with E-state index in [2.05, 4.69) is 10.3 Å². The predicted molar refractivity (Wildman–Crippen MR) is 64.7 cm³/mol. The standard InChI is InChI=1S/C11H12ClFN4/c1-2-3-10-11(14)15-16-17(10)7-4-5-9(13)8(12)6-7/h4-6H,2-3,14H2,1H3. The Balaban J connectivity index is 2.48. The lowest BCUT2D eigenvalue weighted by molar-refractivity contribution is 0.626. The van der Waals surface area contributed by atoms with Crippen LogP contribution in [0.1, 0.15) is 19.0 Å². The zero-order valence-electron chi connectivity index (χ0n) is 9.32. The third kappa shape index (κ3) is 2.24. The SMILES string of the molecule is CCCc1c(N)nnn1-c1ccc(F)c(Cl)c1. The van der Waals surface area contributed by atoms with Crippen LogP contribution in [0.5, 0.6) is 0 Å². The molecule has 0 aliphatic carbocycles. The molecule has 1 heterocycles. The summed E-state index contributed by atoms with van der Waals surface area (Å²) in [6.45, 7) is 2.04. The fourth-order valence-electron chi connectivity index (χ4n) is 1.61. The highest BCUT2D eigenvalue weighted by Crippen LogP contribution is 2.21. The van der Waals surface area contributed by atoms with Gasteiger partial charge < -0.3 is 5.73 Å². The van der Waals surface area contributed by atoms with Crippen molar-refractivity contribution in [2.45, 2.75) is 19.8 Å². The van der Waals surface area contributed by atoms with Gasteiger partial charge in [-0.15, -0.1) is 5.10 Å². The molecule has 17 heavy (non-hydrogen) atoms. The van der Waals surface area contributed by atoms with E-state index in [1.165, 1.54) is 12.1 Å². The Morgan fingerprint density at radius 2 is 2.24 bits per heavy atom. The summed E-state index contributed by atoms with van der Waals surface area (Å²) in [5.74, 6) is -0.0622. The summed E-state index contributed by atoms with van der Waals surface area (Å²) in [4.78, 5) is 0. The summed E-state index contributed by atoms with van der Waals surface area (Å²) >= 11 is 5.73. The van der Waals surface area contributed by atoms with Gasteiger partial charge in [0.25, 0.3) is 0 Å². The number of nitrogen functional groups attached to an aromatic ring is 1. The monoisotopic (exact) mass is 254 g/mol. The first kappa shape index (κ1) is 11.9. The highest BCUT2D eigenvalue weighted by molar-refractivity contribution is 6.30. The van der Waals surface area contributed by atoms with Crippen LogP contribution in [0.4, 0.5) is 10.2 Å². The van der Waals surface area contributed by atoms with Crippen molar-refractivity contribution in [3.05, 3.63) is 34.7 Å². The van der Waals surface area contributed by atoms with Crippen molar-refractivity contribution in [3.8, 4) is 5.69 Å². The lowest BCUT2D eigenvalue weighted by Crippen LogP contribution is -2.04. The van der Waals surface area contributed by atoms with E-state index in [-0.39, 0.29) is 5.02 Å². The normalized spacial score (nSPS) is 10.8. The van der Waals surface area contributed by atoms with Crippen LogP contribution in [0.15, 0.2) is 18.2 Å². The number of nitrogens with zero attached hydrogens (tertiary/aromatic N) is 3. The Labute approximate surface area is 103 Å². The lowest BCUT2D eigenvalue weighted by atomic mass is 10.2. The second-order valence-corrected chi connectivity index (χ2v) is 4.09. The molecule has 2 aromatic rings. The van der Waals surface area contributed by atoms with Crippen LogP contribution in [-0.4, -0.2) is 15.0 Å². The van der Waals surface area contributed by atoms with Gasteiger partial charge in [-0.3, -0.25) is 0 Å². The number of nitrogens with two attached hydrogens (primary N) is 1. The van der Waals surface area contributed by atoms with Crippen molar-refractivity contribution in [2.24, 2.45) is 0 Å². The summed E-state index contributed by atoms with van der Waals surface area (Å²) in [5, 5.41) is 7.81. The molecule has 0 saturated carbocycles. The average Bonchev–Trinajstić information content (AvgIpc) is 2.66. The minimum absolute atomic E-state index is 0.0546. The second-order valence-electron chi connectivity index (χ2n) is 3.68. The molecular weight excluding hydrogens is 243 g/mol. The van der Waals surface area contributed by atoms with Crippen molar-refractivity contribution >= 4 is 17.4 Å². The first-order chi connectivity index (χ1) is 8.13. The van der Waals surface area contributed by atoms with Crippen molar-refractivity contribution in [1.82, 2.24) is 15.0 Å². The maximum Gasteiger partial charge on any atom is 0.169 e. The summed E-state index contributed by atoms with van der Waals surface area (Å²) in [5.41, 5.74) is 7.20. The van der Waals surface area contributed by atoms with Gasteiger partial charge in [0.2, 0.25) is 0 Å². The molecule has 2 rings (SSSR count). The molecule has 0 radical (unpaired) electrons. The van der Waals surface area contributed by atoms with Crippen LogP contribution in [0.2, 0.25) is 5.02 Å². The van der Waals surface area contributed by atoms with Crippen molar-refractivity contribution in [2.75, 3.05) is 5.73 Å². The maximum atomic E-state index is 13.1. The smallest absolute Gasteiger partial charge is 0.169 e. The molecule has 0 bridgehead atoms. The van der Waals surface area contributed by atoms with E-state index in [0.717, 1.165) is 18.5 Å². The molecule has 0 aliphatic rings. The van der Waals surface area contributed by atoms with Gasteiger partial charge in [-0.05, 0) is 24.6 Å². The van der Waals surface area contributed by atoms with Gasteiger partial charge >= 0.3 is 0 Å². The van der Waals surface area contributed by atoms with Crippen molar-refractivity contribution in [1.29, 1.82) is 0 Å². The molecule has 0 aliphatic heterocycles. The van der Waals surface area contributed by atoms with Gasteiger partial charge in [-0.2, -0.15) is 0 Å². The fourth-order valence-corrected chi connectivity index (χ4v) is 1.78. The Bertz CT molecular complexity index is 538. The van der Waals surface area contributed by atoms with Crippen molar-refractivity contribution in [3.63, 3.8) is 0 Å². The first-order valence-electron chi connectivity index (χ1n) is 5.29. The zero-order chi connectivity index (χ0) is 12.4. The van der Waals surface area contributed by atoms with Gasteiger partial charge in [0.1, 0.15) is 5.82 Å². The first-order valence-corrected chi connectivity index (χ1v) is 5.66. The zero-order valence-corrected chi connectivity index (χ0v) is 10.1. The predicted octanol–water partition coefficient (Wildman–Crippen LogP) is 2.59. The molecule has 0 fully saturated rings. The molecule has 2 N–H and O–H groups in total. The largest absolute Gasteiger partial charge is 0.381 e. The lowest BCUT2D eigenvalue weighted by Gasteiger charge is -2.06. The van der Waals surface area contributed by atoms with Gasteiger partial charge in [-0.1, -0.05) is 30.2 Å². The van der Waals surface area contributed by atoms with Gasteiger partial charge in [-0.25, -0.2) is 9.07 Å². The summed E-state index contributed by atoms with van der Waals surface area (Å²) in [6.07, 6.45) is 1.68. The number of anilines is 1. The van der Waals surface area contributed by atoms with E-state index < -0.39 is 5.82 Å². The van der Waals surface area contributed by atoms with E-state index in [1.54, 1.807) is 10.7 Å². The summed E-state index contributed by atoms with van der Waals surface area (Å²) in [7, 11) is 0. The third-order valence-corrected chi connectivity index (χ3v) is 2.72. The molecule has 0 amide bonds. The van der Waals surface area contributed by atoms with E-state index >= 15 is 0 Å². The Hall–Kier alpha value is -1.62. The summed E-state index contributed by atoms with van der Waals surface area (Å²) in [6, 6.07) is 4.39. The van der Waals surface area contributed by atoms with E-state index in [9.17, 15) is 4.39 Å². The topological polar surface area (TPSA) is 56.7 Å². The number of rotatable bonds is 3. The maximum absolute atomic E-state index is 13.1. The van der Waals surface area contributed by atoms with Crippen LogP contribution in [-0.2, 0) is 6.42 Å². The number of benzene rings is 1. The number of hydrogen-bond donors (Lipinski definition) is 1. The molecule has 0 atom stereocenters. The number of aromatic nitrogens is 3. The summed E-state index contributed by atoms with van der Waals surface area (Å²) < 4.78 is 14.7. The number of halogens is 2. The second kappa shape index (κ2) is 4.71. The van der Waals surface area contributed by atoms with Crippen LogP contribution in [0, 0.1) is 5.82 Å². The van der Waals surface area contributed by atoms with Crippen LogP contribution < -0.4 is 5.73 Å². The molecule has 0 saturated heterocycles. The molecule has 6 heteroatoms. The highest BCUT2D eigenvalue weighted by Gasteiger charge is 2.12. The van der Waals surface area contributed by atoms with Gasteiger partial charge in [0.15, 0.2) is 5.82 Å². The Morgan fingerprint density at radius 1 is 1.47 bits per heavy atom. The molecule has 1 aromatic heterocycles. The molecule has 0 spiro atoms. The molecule has 4 nitrogen and oxygen atoms in total. The molecule has 1 aromatic carbocycles. The Morgan fingerprint density at radius 3 is 2.88 bits per heavy atom. The highest BCUT2D eigenvalue weighted by atomic mass is 35.5. The quantitative estimate of drug-likeness (QED) is 0.916. The minimum atomic E-state index is -0.458. The third-order valence-electron chi connectivity index (χ3n) is 2.43. The average molecular weight is 255 g/mol. The van der Waals surface area contributed by atoms with E-state index in [4.69, 9.17) is 17.3 Å². The van der Waals surface area contributed by atoms with E-state index in [1.807, 2.05) is 6.92 Å². The van der Waals surface area contributed by atoms with Crippen LogP contribution >= 0.6 is 11.6 Å². The molecule has 90 valence electrons.